The summed E-state index contributed by atoms with van der Waals surface area (Å²) >= 11 is 0. The minimum Gasteiger partial charge on any atom is -0.387 e. The molecule has 3 unspecified atom stereocenters. The van der Waals surface area contributed by atoms with E-state index in [-0.39, 0.29) is 30.9 Å². The number of nitrogens with two attached hydrogens (primary N) is 2. The first-order valence-corrected chi connectivity index (χ1v) is 4.37. The highest BCUT2D eigenvalue weighted by Crippen LogP contribution is 2.15. The minimum absolute atomic E-state index is 0. The van der Waals surface area contributed by atoms with Gasteiger partial charge in [-0.2, -0.15) is 0 Å². The van der Waals surface area contributed by atoms with Crippen molar-refractivity contribution in [2.45, 2.75) is 25.1 Å². The number of hydrogen-bond acceptors (Lipinski definition) is 3. The monoisotopic (exact) mass is 252 g/mol. The largest absolute Gasteiger partial charge is 0.387 e. The molecule has 0 aliphatic heterocycles. The van der Waals surface area contributed by atoms with Gasteiger partial charge in [-0.15, -0.1) is 24.8 Å². The minimum atomic E-state index is -0.679. The van der Waals surface area contributed by atoms with Crippen molar-refractivity contribution in [3.63, 3.8) is 0 Å². The van der Waals surface area contributed by atoms with Gasteiger partial charge in [-0.3, -0.25) is 0 Å². The lowest BCUT2D eigenvalue weighted by atomic mass is 9.99. The Morgan fingerprint density at radius 1 is 1.07 bits per heavy atom. The van der Waals surface area contributed by atoms with Crippen molar-refractivity contribution in [1.29, 1.82) is 0 Å². The Kier molecular flexibility index (Phi) is 9.01. The van der Waals surface area contributed by atoms with Gasteiger partial charge in [0.1, 0.15) is 0 Å². The topological polar surface area (TPSA) is 72.3 Å². The quantitative estimate of drug-likeness (QED) is 0.758. The number of aliphatic hydroxyl groups excluding tert-OH is 1. The van der Waals surface area contributed by atoms with E-state index in [0.29, 0.717) is 0 Å². The second-order valence-electron chi connectivity index (χ2n) is 3.29. The fourth-order valence-corrected chi connectivity index (χ4v) is 1.16. The molecular weight excluding hydrogens is 235 g/mol. The lowest BCUT2D eigenvalue weighted by Gasteiger charge is -2.22. The molecule has 88 valence electrons. The van der Waals surface area contributed by atoms with Crippen LogP contribution in [-0.2, 0) is 0 Å². The van der Waals surface area contributed by atoms with Crippen LogP contribution in [0.15, 0.2) is 30.3 Å². The van der Waals surface area contributed by atoms with Crippen molar-refractivity contribution in [3.8, 4) is 0 Å². The molecule has 0 saturated heterocycles. The smallest absolute Gasteiger partial charge is 0.0955 e. The van der Waals surface area contributed by atoms with E-state index < -0.39 is 12.1 Å². The van der Waals surface area contributed by atoms with Crippen LogP contribution in [0, 0.1) is 0 Å². The van der Waals surface area contributed by atoms with Gasteiger partial charge < -0.3 is 16.6 Å². The Morgan fingerprint density at radius 2 is 1.53 bits per heavy atom. The summed E-state index contributed by atoms with van der Waals surface area (Å²) in [4.78, 5) is 0. The van der Waals surface area contributed by atoms with Crippen molar-refractivity contribution in [2.75, 3.05) is 0 Å². The first-order valence-electron chi connectivity index (χ1n) is 4.37. The Balaban J connectivity index is 0. The first kappa shape index (κ1) is 17.1. The molecular formula is C10H18Cl2N2O. The van der Waals surface area contributed by atoms with Crippen molar-refractivity contribution < 1.29 is 5.11 Å². The Morgan fingerprint density at radius 3 is 1.93 bits per heavy atom. The highest BCUT2D eigenvalue weighted by molar-refractivity contribution is 5.85. The third kappa shape index (κ3) is 4.82. The molecule has 0 aliphatic carbocycles. The molecule has 0 spiro atoms. The van der Waals surface area contributed by atoms with Crippen molar-refractivity contribution in [2.24, 2.45) is 11.5 Å². The molecule has 3 atom stereocenters. The van der Waals surface area contributed by atoms with Crippen molar-refractivity contribution in [1.82, 2.24) is 0 Å². The van der Waals surface area contributed by atoms with Gasteiger partial charge in [0.15, 0.2) is 0 Å². The molecule has 3 nitrogen and oxygen atoms in total. The van der Waals surface area contributed by atoms with Gasteiger partial charge in [0, 0.05) is 12.1 Å². The predicted molar refractivity (Wildman–Crippen MR) is 67.5 cm³/mol. The molecule has 0 aromatic heterocycles. The van der Waals surface area contributed by atoms with Gasteiger partial charge in [-0.05, 0) is 12.5 Å². The Hall–Kier alpha value is -0.320. The fraction of sp³-hybridized carbons (Fsp3) is 0.400. The van der Waals surface area contributed by atoms with Crippen LogP contribution < -0.4 is 11.5 Å². The van der Waals surface area contributed by atoms with E-state index in [1.54, 1.807) is 6.92 Å². The molecule has 5 heteroatoms. The molecule has 0 radical (unpaired) electrons. The van der Waals surface area contributed by atoms with E-state index in [0.717, 1.165) is 5.56 Å². The maximum atomic E-state index is 9.75. The fourth-order valence-electron chi connectivity index (χ4n) is 1.16. The van der Waals surface area contributed by atoms with Gasteiger partial charge in [-0.1, -0.05) is 30.3 Å². The van der Waals surface area contributed by atoms with Gasteiger partial charge in [0.25, 0.3) is 0 Å². The van der Waals surface area contributed by atoms with Crippen molar-refractivity contribution in [3.05, 3.63) is 35.9 Å². The summed E-state index contributed by atoms with van der Waals surface area (Å²) in [5.41, 5.74) is 12.1. The van der Waals surface area contributed by atoms with Crippen LogP contribution in [0.5, 0.6) is 0 Å². The average Bonchev–Trinajstić information content (AvgIpc) is 2.17. The highest BCUT2D eigenvalue weighted by atomic mass is 35.5. The normalized spacial score (nSPS) is 15.5. The summed E-state index contributed by atoms with van der Waals surface area (Å²) in [6.07, 6.45) is -0.679. The molecule has 1 rings (SSSR count). The molecule has 15 heavy (non-hydrogen) atoms. The van der Waals surface area contributed by atoms with Crippen LogP contribution in [0.3, 0.4) is 0 Å². The molecule has 0 heterocycles. The summed E-state index contributed by atoms with van der Waals surface area (Å²) in [7, 11) is 0. The number of benzene rings is 1. The zero-order chi connectivity index (χ0) is 9.84. The van der Waals surface area contributed by atoms with Crippen LogP contribution in [0.4, 0.5) is 0 Å². The SMILES string of the molecule is CC(N)C(N)C(O)c1ccccc1.Cl.Cl. The van der Waals surface area contributed by atoms with Crippen LogP contribution in [0.2, 0.25) is 0 Å². The van der Waals surface area contributed by atoms with E-state index in [9.17, 15) is 5.11 Å². The van der Waals surface area contributed by atoms with Gasteiger partial charge >= 0.3 is 0 Å². The first-order chi connectivity index (χ1) is 6.13. The van der Waals surface area contributed by atoms with E-state index in [1.807, 2.05) is 30.3 Å². The Bertz CT molecular complexity index is 257. The lowest BCUT2D eigenvalue weighted by Crippen LogP contribution is -2.43. The molecule has 0 bridgehead atoms. The third-order valence-corrected chi connectivity index (χ3v) is 2.11. The Labute approximate surface area is 103 Å². The van der Waals surface area contributed by atoms with E-state index in [4.69, 9.17) is 11.5 Å². The molecule has 0 amide bonds. The maximum Gasteiger partial charge on any atom is 0.0955 e. The van der Waals surface area contributed by atoms with Crippen LogP contribution >= 0.6 is 24.8 Å². The second-order valence-corrected chi connectivity index (χ2v) is 3.29. The van der Waals surface area contributed by atoms with E-state index in [2.05, 4.69) is 0 Å². The maximum absolute atomic E-state index is 9.75. The highest BCUT2D eigenvalue weighted by Gasteiger charge is 2.19. The zero-order valence-corrected chi connectivity index (χ0v) is 10.2. The number of halogens is 2. The lowest BCUT2D eigenvalue weighted by molar-refractivity contribution is 0.137. The second kappa shape index (κ2) is 7.91. The number of rotatable bonds is 3. The van der Waals surface area contributed by atoms with Gasteiger partial charge in [0.2, 0.25) is 0 Å². The van der Waals surface area contributed by atoms with Crippen LogP contribution in [0.25, 0.3) is 0 Å². The molecule has 1 aromatic carbocycles. The number of aliphatic hydroxyl groups is 1. The van der Waals surface area contributed by atoms with E-state index >= 15 is 0 Å². The molecule has 0 aliphatic rings. The van der Waals surface area contributed by atoms with Gasteiger partial charge in [-0.25, -0.2) is 0 Å². The van der Waals surface area contributed by atoms with E-state index in [1.165, 1.54) is 0 Å². The standard InChI is InChI=1S/C10H16N2O.2ClH/c1-7(11)9(12)10(13)8-5-3-2-4-6-8;;/h2-7,9-10,13H,11-12H2,1H3;2*1H. The molecule has 0 saturated carbocycles. The average molecular weight is 253 g/mol. The molecule has 1 aromatic rings. The van der Waals surface area contributed by atoms with Crippen LogP contribution in [0.1, 0.15) is 18.6 Å². The summed E-state index contributed by atoms with van der Waals surface area (Å²) < 4.78 is 0. The summed E-state index contributed by atoms with van der Waals surface area (Å²) in [6, 6.07) is 8.68. The summed E-state index contributed by atoms with van der Waals surface area (Å²) in [5.74, 6) is 0. The molecule has 5 N–H and O–H groups in total. The summed E-state index contributed by atoms with van der Waals surface area (Å²) in [5, 5.41) is 9.75. The van der Waals surface area contributed by atoms with Crippen LogP contribution in [-0.4, -0.2) is 17.2 Å². The predicted octanol–water partition coefficient (Wildman–Crippen LogP) is 1.24. The molecule has 0 fully saturated rings. The number of hydrogen-bond donors (Lipinski definition) is 3. The van der Waals surface area contributed by atoms with Crippen molar-refractivity contribution >= 4 is 24.8 Å². The summed E-state index contributed by atoms with van der Waals surface area (Å²) in [6.45, 7) is 1.79. The van der Waals surface area contributed by atoms with Gasteiger partial charge in [0.05, 0.1) is 6.10 Å². The third-order valence-electron chi connectivity index (χ3n) is 2.11. The zero-order valence-electron chi connectivity index (χ0n) is 8.54.